The highest BCUT2D eigenvalue weighted by atomic mass is 19.1. The third kappa shape index (κ3) is 3.39. The third-order valence-corrected chi connectivity index (χ3v) is 2.92. The van der Waals surface area contributed by atoms with Crippen LogP contribution in [0.25, 0.3) is 0 Å². The predicted molar refractivity (Wildman–Crippen MR) is 69.8 cm³/mol. The lowest BCUT2D eigenvalue weighted by Crippen LogP contribution is -2.24. The second kappa shape index (κ2) is 6.25. The summed E-state index contributed by atoms with van der Waals surface area (Å²) < 4.78 is 15.0. The van der Waals surface area contributed by atoms with Crippen LogP contribution in [-0.2, 0) is 6.54 Å². The van der Waals surface area contributed by atoms with Crippen LogP contribution >= 0.6 is 0 Å². The quantitative estimate of drug-likeness (QED) is 0.836. The molecule has 106 valence electrons. The number of nitrogens with one attached hydrogen (secondary N) is 1. The smallest absolute Gasteiger partial charge is 0.358 e. The maximum Gasteiger partial charge on any atom is 0.358 e. The fourth-order valence-corrected chi connectivity index (χ4v) is 1.84. The number of aromatic carboxylic acids is 1. The zero-order chi connectivity index (χ0) is 14.5. The molecule has 0 aliphatic carbocycles. The van der Waals surface area contributed by atoms with Gasteiger partial charge < -0.3 is 10.4 Å². The number of hydrogen-bond acceptors (Lipinski definition) is 4. The van der Waals surface area contributed by atoms with E-state index in [2.05, 4.69) is 15.6 Å². The second-order valence-electron chi connectivity index (χ2n) is 4.37. The molecule has 2 N–H and O–H groups in total. The van der Waals surface area contributed by atoms with E-state index in [1.165, 1.54) is 16.9 Å². The van der Waals surface area contributed by atoms with Gasteiger partial charge in [-0.15, -0.1) is 5.10 Å². The van der Waals surface area contributed by atoms with Crippen LogP contribution in [0.5, 0.6) is 0 Å². The van der Waals surface area contributed by atoms with Crippen molar-refractivity contribution < 1.29 is 14.3 Å². The average Bonchev–Trinajstić information content (AvgIpc) is 2.88. The first-order valence-corrected chi connectivity index (χ1v) is 6.19. The summed E-state index contributed by atoms with van der Waals surface area (Å²) in [6.45, 7) is 2.85. The van der Waals surface area contributed by atoms with Gasteiger partial charge >= 0.3 is 5.97 Å². The van der Waals surface area contributed by atoms with E-state index in [1.807, 2.05) is 6.92 Å². The number of carboxylic acids is 1. The summed E-state index contributed by atoms with van der Waals surface area (Å²) in [5, 5.41) is 19.1. The molecule has 1 aromatic carbocycles. The molecule has 0 aliphatic heterocycles. The van der Waals surface area contributed by atoms with Crippen LogP contribution in [0.4, 0.5) is 4.39 Å². The summed E-state index contributed by atoms with van der Waals surface area (Å²) in [5.74, 6) is -1.36. The number of halogens is 1. The van der Waals surface area contributed by atoms with Crippen molar-refractivity contribution in [3.63, 3.8) is 0 Å². The first kappa shape index (κ1) is 14.1. The highest BCUT2D eigenvalue weighted by Gasteiger charge is 2.10. The van der Waals surface area contributed by atoms with E-state index in [0.717, 1.165) is 0 Å². The Morgan fingerprint density at radius 3 is 2.90 bits per heavy atom. The molecule has 0 unspecified atom stereocenters. The molecule has 0 aliphatic rings. The second-order valence-corrected chi connectivity index (χ2v) is 4.37. The van der Waals surface area contributed by atoms with Gasteiger partial charge in [-0.1, -0.05) is 23.4 Å². The Balaban J connectivity index is 1.86. The van der Waals surface area contributed by atoms with E-state index in [9.17, 15) is 9.18 Å². The molecule has 1 atom stereocenters. The largest absolute Gasteiger partial charge is 0.476 e. The summed E-state index contributed by atoms with van der Waals surface area (Å²) in [5.41, 5.74) is 0.504. The Bertz CT molecular complexity index is 600. The molecular formula is C13H15FN4O2. The number of carboxylic acid groups (broad SMARTS) is 1. The van der Waals surface area contributed by atoms with Gasteiger partial charge in [0, 0.05) is 18.2 Å². The molecule has 0 fully saturated rings. The van der Waals surface area contributed by atoms with Gasteiger partial charge in [-0.2, -0.15) is 0 Å². The normalized spacial score (nSPS) is 12.3. The molecular weight excluding hydrogens is 263 g/mol. The summed E-state index contributed by atoms with van der Waals surface area (Å²) in [7, 11) is 0. The zero-order valence-electron chi connectivity index (χ0n) is 11.0. The standard InChI is InChI=1S/C13H15FN4O2/c1-9(10-4-2-3-5-11(10)14)15-6-7-18-8-12(13(19)20)16-17-18/h2-5,8-9,15H,6-7H2,1H3,(H,19,20)/t9-/m1/s1. The number of aromatic nitrogens is 3. The Morgan fingerprint density at radius 2 is 2.25 bits per heavy atom. The van der Waals surface area contributed by atoms with Crippen molar-refractivity contribution in [2.24, 2.45) is 0 Å². The monoisotopic (exact) mass is 278 g/mol. The minimum Gasteiger partial charge on any atom is -0.476 e. The summed E-state index contributed by atoms with van der Waals surface area (Å²) >= 11 is 0. The van der Waals surface area contributed by atoms with Crippen molar-refractivity contribution >= 4 is 5.97 Å². The van der Waals surface area contributed by atoms with Crippen molar-refractivity contribution in [1.82, 2.24) is 20.3 Å². The molecule has 0 amide bonds. The molecule has 0 saturated carbocycles. The van der Waals surface area contributed by atoms with E-state index in [4.69, 9.17) is 5.11 Å². The van der Waals surface area contributed by atoms with Crippen LogP contribution in [0.15, 0.2) is 30.5 Å². The maximum atomic E-state index is 13.5. The number of rotatable bonds is 6. The lowest BCUT2D eigenvalue weighted by Gasteiger charge is -2.14. The van der Waals surface area contributed by atoms with Gasteiger partial charge in [0.25, 0.3) is 0 Å². The fourth-order valence-electron chi connectivity index (χ4n) is 1.84. The Kier molecular flexibility index (Phi) is 4.41. The highest BCUT2D eigenvalue weighted by Crippen LogP contribution is 2.15. The Hall–Kier alpha value is -2.28. The topological polar surface area (TPSA) is 80.0 Å². The number of nitrogens with zero attached hydrogens (tertiary/aromatic N) is 3. The molecule has 6 nitrogen and oxygen atoms in total. The van der Waals surface area contributed by atoms with Gasteiger partial charge in [0.15, 0.2) is 5.69 Å². The molecule has 1 heterocycles. The number of hydrogen-bond donors (Lipinski definition) is 2. The van der Waals surface area contributed by atoms with Crippen LogP contribution in [0.3, 0.4) is 0 Å². The van der Waals surface area contributed by atoms with Gasteiger partial charge in [0.2, 0.25) is 0 Å². The SMILES string of the molecule is C[C@@H](NCCn1cc(C(=O)O)nn1)c1ccccc1F. The van der Waals surface area contributed by atoms with Gasteiger partial charge in [-0.25, -0.2) is 9.18 Å². The molecule has 20 heavy (non-hydrogen) atoms. The zero-order valence-corrected chi connectivity index (χ0v) is 11.0. The van der Waals surface area contributed by atoms with Crippen molar-refractivity contribution in [3.8, 4) is 0 Å². The van der Waals surface area contributed by atoms with Crippen molar-refractivity contribution in [1.29, 1.82) is 0 Å². The van der Waals surface area contributed by atoms with Crippen molar-refractivity contribution in [3.05, 3.63) is 47.5 Å². The fraction of sp³-hybridized carbons (Fsp3) is 0.308. The van der Waals surface area contributed by atoms with Crippen LogP contribution < -0.4 is 5.32 Å². The van der Waals surface area contributed by atoms with E-state index in [1.54, 1.807) is 18.2 Å². The third-order valence-electron chi connectivity index (χ3n) is 2.92. The molecule has 0 saturated heterocycles. The minimum absolute atomic E-state index is 0.0906. The van der Waals surface area contributed by atoms with E-state index < -0.39 is 5.97 Å². The molecule has 7 heteroatoms. The molecule has 0 bridgehead atoms. The predicted octanol–water partition coefficient (Wildman–Crippen LogP) is 1.47. The maximum absolute atomic E-state index is 13.5. The lowest BCUT2D eigenvalue weighted by molar-refractivity contribution is 0.0690. The summed E-state index contributed by atoms with van der Waals surface area (Å²) in [6, 6.07) is 6.44. The van der Waals surface area contributed by atoms with Gasteiger partial charge in [0.1, 0.15) is 5.82 Å². The van der Waals surface area contributed by atoms with Gasteiger partial charge in [-0.05, 0) is 13.0 Å². The first-order chi connectivity index (χ1) is 9.58. The summed E-state index contributed by atoms with van der Waals surface area (Å²) in [4.78, 5) is 10.6. The molecule has 2 rings (SSSR count). The van der Waals surface area contributed by atoms with Gasteiger partial charge in [0.05, 0.1) is 12.7 Å². The minimum atomic E-state index is -1.11. The number of carbonyl (C=O) groups is 1. The van der Waals surface area contributed by atoms with Crippen LogP contribution in [0, 0.1) is 5.82 Å². The van der Waals surface area contributed by atoms with Crippen LogP contribution in [0.1, 0.15) is 29.0 Å². The number of benzene rings is 1. The van der Waals surface area contributed by atoms with Crippen molar-refractivity contribution in [2.75, 3.05) is 6.54 Å². The van der Waals surface area contributed by atoms with Crippen molar-refractivity contribution in [2.45, 2.75) is 19.5 Å². The summed E-state index contributed by atoms with van der Waals surface area (Å²) in [6.07, 6.45) is 1.36. The molecule has 0 radical (unpaired) electrons. The van der Waals surface area contributed by atoms with E-state index in [0.29, 0.717) is 18.7 Å². The highest BCUT2D eigenvalue weighted by molar-refractivity contribution is 5.84. The lowest BCUT2D eigenvalue weighted by atomic mass is 10.1. The van der Waals surface area contributed by atoms with Crippen LogP contribution in [0.2, 0.25) is 0 Å². The van der Waals surface area contributed by atoms with Crippen LogP contribution in [-0.4, -0.2) is 32.6 Å². The van der Waals surface area contributed by atoms with E-state index in [-0.39, 0.29) is 17.6 Å². The molecule has 2 aromatic rings. The van der Waals surface area contributed by atoms with E-state index >= 15 is 0 Å². The average molecular weight is 278 g/mol. The molecule has 1 aromatic heterocycles. The van der Waals surface area contributed by atoms with Gasteiger partial charge in [-0.3, -0.25) is 4.68 Å². The Labute approximate surface area is 115 Å². The Morgan fingerprint density at radius 1 is 1.50 bits per heavy atom. The molecule has 0 spiro atoms. The first-order valence-electron chi connectivity index (χ1n) is 6.19.